The smallest absolute Gasteiger partial charge is 0.260 e. The first-order valence-electron chi connectivity index (χ1n) is 11.6. The summed E-state index contributed by atoms with van der Waals surface area (Å²) in [6, 6.07) is 10.5. The van der Waals surface area contributed by atoms with Crippen LogP contribution < -0.4 is 10.5 Å². The van der Waals surface area contributed by atoms with Gasteiger partial charge in [0, 0.05) is 23.7 Å². The Morgan fingerprint density at radius 3 is 2.66 bits per heavy atom. The van der Waals surface area contributed by atoms with Gasteiger partial charge in [0.25, 0.3) is 5.56 Å². The van der Waals surface area contributed by atoms with Gasteiger partial charge in [-0.15, -0.1) is 11.3 Å². The molecule has 0 aliphatic heterocycles. The third-order valence-corrected chi connectivity index (χ3v) is 7.25. The molecule has 2 heterocycles. The van der Waals surface area contributed by atoms with Crippen LogP contribution in [0.15, 0.2) is 29.1 Å². The Labute approximate surface area is 193 Å². The molecule has 1 aliphatic carbocycles. The van der Waals surface area contributed by atoms with E-state index in [1.165, 1.54) is 10.6 Å². The fourth-order valence-electron chi connectivity index (χ4n) is 4.49. The Hall–Kier alpha value is -2.91. The van der Waals surface area contributed by atoms with Gasteiger partial charge < -0.3 is 9.88 Å². The zero-order chi connectivity index (χ0) is 22.7. The second kappa shape index (κ2) is 9.70. The maximum Gasteiger partial charge on any atom is 0.260 e. The number of benzene rings is 1. The van der Waals surface area contributed by atoms with Crippen LogP contribution in [0.3, 0.4) is 0 Å². The molecule has 1 aromatic carbocycles. The highest BCUT2D eigenvalue weighted by molar-refractivity contribution is 7.18. The fourth-order valence-corrected chi connectivity index (χ4v) is 5.87. The van der Waals surface area contributed by atoms with Crippen LogP contribution in [0.25, 0.3) is 21.9 Å². The third kappa shape index (κ3) is 4.49. The molecule has 1 atom stereocenters. The number of aromatic amines is 1. The summed E-state index contributed by atoms with van der Waals surface area (Å²) in [5.41, 5.74) is 3.50. The van der Waals surface area contributed by atoms with Crippen molar-refractivity contribution in [2.24, 2.45) is 5.92 Å². The number of H-pyrrole nitrogens is 1. The van der Waals surface area contributed by atoms with Gasteiger partial charge in [-0.25, -0.2) is 4.98 Å². The van der Waals surface area contributed by atoms with Gasteiger partial charge in [-0.2, -0.15) is 5.26 Å². The van der Waals surface area contributed by atoms with E-state index in [1.807, 2.05) is 12.1 Å². The first kappa shape index (κ1) is 22.3. The molecule has 4 rings (SSSR count). The van der Waals surface area contributed by atoms with Gasteiger partial charge in [0.2, 0.25) is 0 Å². The maximum absolute atomic E-state index is 12.9. The van der Waals surface area contributed by atoms with Gasteiger partial charge in [0.05, 0.1) is 11.0 Å². The van der Waals surface area contributed by atoms with Crippen molar-refractivity contribution in [2.75, 3.05) is 18.0 Å². The quantitative estimate of drug-likeness (QED) is 0.466. The van der Waals surface area contributed by atoms with Crippen molar-refractivity contribution in [2.45, 2.75) is 52.9 Å². The zero-order valence-electron chi connectivity index (χ0n) is 19.1. The summed E-state index contributed by atoms with van der Waals surface area (Å²) >= 11 is 1.61. The van der Waals surface area contributed by atoms with Crippen molar-refractivity contribution in [3.8, 4) is 6.07 Å². The largest absolute Gasteiger partial charge is 0.372 e. The van der Waals surface area contributed by atoms with Gasteiger partial charge in [-0.1, -0.05) is 32.9 Å². The molecule has 0 amide bonds. The Morgan fingerprint density at radius 1 is 1.28 bits per heavy atom. The molecule has 1 unspecified atom stereocenters. The highest BCUT2D eigenvalue weighted by Crippen LogP contribution is 2.36. The summed E-state index contributed by atoms with van der Waals surface area (Å²) in [6.45, 7) is 8.69. The van der Waals surface area contributed by atoms with E-state index in [-0.39, 0.29) is 5.56 Å². The minimum atomic E-state index is -0.136. The summed E-state index contributed by atoms with van der Waals surface area (Å²) in [5.74, 6) is 0.983. The lowest BCUT2D eigenvalue weighted by molar-refractivity contribution is 0.509. The molecule has 0 saturated heterocycles. The molecule has 166 valence electrons. The SMILES string of the molecule is CCCN(CCC)c1ccc(C=C(C#N)c2nc3sc4c(c3c(=O)[nH]2)CCC(C)C4)cc1. The van der Waals surface area contributed by atoms with Gasteiger partial charge in [0.15, 0.2) is 5.82 Å². The molecular weight excluding hydrogens is 416 g/mol. The topological polar surface area (TPSA) is 72.8 Å². The average Bonchev–Trinajstić information content (AvgIpc) is 3.15. The first-order chi connectivity index (χ1) is 15.5. The van der Waals surface area contributed by atoms with Crippen LogP contribution in [-0.4, -0.2) is 23.1 Å². The average molecular weight is 447 g/mol. The van der Waals surface area contributed by atoms with Gasteiger partial charge >= 0.3 is 0 Å². The highest BCUT2D eigenvalue weighted by Gasteiger charge is 2.23. The van der Waals surface area contributed by atoms with Crippen molar-refractivity contribution in [3.63, 3.8) is 0 Å². The highest BCUT2D eigenvalue weighted by atomic mass is 32.1. The standard InChI is InChI=1S/C26H30N4OS/c1-4-12-30(13-5-2)20-9-7-18(8-10-20)15-19(16-27)24-28-25(31)23-21-11-6-17(3)14-22(21)32-26(23)29-24/h7-10,15,17H,4-6,11-14H2,1-3H3,(H,28,29,31). The van der Waals surface area contributed by atoms with Crippen LogP contribution in [-0.2, 0) is 12.8 Å². The molecule has 0 fully saturated rings. The summed E-state index contributed by atoms with van der Waals surface area (Å²) < 4.78 is 0. The maximum atomic E-state index is 12.9. The number of nitrogens with one attached hydrogen (secondary N) is 1. The van der Waals surface area contributed by atoms with E-state index >= 15 is 0 Å². The number of hydrogen-bond donors (Lipinski definition) is 1. The molecule has 32 heavy (non-hydrogen) atoms. The first-order valence-corrected chi connectivity index (χ1v) is 12.4. The number of allylic oxidation sites excluding steroid dienone is 1. The third-order valence-electron chi connectivity index (χ3n) is 6.10. The zero-order valence-corrected chi connectivity index (χ0v) is 19.9. The second-order valence-corrected chi connectivity index (χ2v) is 9.78. The molecule has 0 spiro atoms. The Morgan fingerprint density at radius 2 is 2.00 bits per heavy atom. The van der Waals surface area contributed by atoms with Gasteiger partial charge in [0.1, 0.15) is 10.9 Å². The summed E-state index contributed by atoms with van der Waals surface area (Å²) in [4.78, 5) is 24.9. The molecule has 1 aliphatic rings. The van der Waals surface area contributed by atoms with E-state index in [9.17, 15) is 10.1 Å². The van der Waals surface area contributed by atoms with Crippen LogP contribution in [0.4, 0.5) is 5.69 Å². The Balaban J connectivity index is 1.66. The molecule has 0 saturated carbocycles. The molecule has 6 heteroatoms. The van der Waals surface area contributed by atoms with E-state index in [2.05, 4.69) is 48.9 Å². The van der Waals surface area contributed by atoms with E-state index in [0.29, 0.717) is 22.7 Å². The van der Waals surface area contributed by atoms with Crippen molar-refractivity contribution in [1.82, 2.24) is 9.97 Å². The summed E-state index contributed by atoms with van der Waals surface area (Å²) in [6.07, 6.45) is 7.05. The fraction of sp³-hybridized carbons (Fsp3) is 0.423. The molecule has 3 aromatic rings. The molecule has 0 bridgehead atoms. The minimum Gasteiger partial charge on any atom is -0.372 e. The minimum absolute atomic E-state index is 0.136. The van der Waals surface area contributed by atoms with E-state index in [1.54, 1.807) is 17.4 Å². The van der Waals surface area contributed by atoms with Gasteiger partial charge in [-0.3, -0.25) is 4.79 Å². The van der Waals surface area contributed by atoms with Crippen LogP contribution in [0.5, 0.6) is 0 Å². The van der Waals surface area contributed by atoms with Crippen LogP contribution >= 0.6 is 11.3 Å². The van der Waals surface area contributed by atoms with Crippen LogP contribution in [0, 0.1) is 17.2 Å². The van der Waals surface area contributed by atoms with Crippen molar-refractivity contribution < 1.29 is 0 Å². The molecule has 1 N–H and O–H groups in total. The van der Waals surface area contributed by atoms with Gasteiger partial charge in [-0.05, 0) is 67.4 Å². The van der Waals surface area contributed by atoms with E-state index in [0.717, 1.165) is 61.2 Å². The monoisotopic (exact) mass is 446 g/mol. The predicted molar refractivity (Wildman–Crippen MR) is 134 cm³/mol. The van der Waals surface area contributed by atoms with Crippen LogP contribution in [0.2, 0.25) is 0 Å². The number of thiophene rings is 1. The predicted octanol–water partition coefficient (Wildman–Crippen LogP) is 5.80. The number of aromatic nitrogens is 2. The number of hydrogen-bond acceptors (Lipinski definition) is 5. The van der Waals surface area contributed by atoms with E-state index < -0.39 is 0 Å². The summed E-state index contributed by atoms with van der Waals surface area (Å²) in [5, 5.41) is 10.5. The number of nitriles is 1. The number of nitrogens with zero attached hydrogens (tertiary/aromatic N) is 3. The molecule has 5 nitrogen and oxygen atoms in total. The molecule has 2 aromatic heterocycles. The number of anilines is 1. The normalized spacial score (nSPS) is 16.1. The lowest BCUT2D eigenvalue weighted by Crippen LogP contribution is -2.24. The second-order valence-electron chi connectivity index (χ2n) is 8.69. The van der Waals surface area contributed by atoms with Crippen molar-refractivity contribution in [1.29, 1.82) is 5.26 Å². The van der Waals surface area contributed by atoms with Crippen molar-refractivity contribution >= 4 is 38.9 Å². The molecule has 0 radical (unpaired) electrons. The van der Waals surface area contributed by atoms with Crippen molar-refractivity contribution in [3.05, 3.63) is 56.4 Å². The number of fused-ring (bicyclic) bond motifs is 3. The Kier molecular flexibility index (Phi) is 6.76. The Bertz CT molecular complexity index is 1220. The lowest BCUT2D eigenvalue weighted by atomic mass is 9.89. The number of rotatable bonds is 7. The van der Waals surface area contributed by atoms with E-state index in [4.69, 9.17) is 4.98 Å². The molecular formula is C26H30N4OS. The number of aryl methyl sites for hydroxylation is 1. The van der Waals surface area contributed by atoms with Crippen LogP contribution in [0.1, 0.15) is 61.9 Å². The summed E-state index contributed by atoms with van der Waals surface area (Å²) in [7, 11) is 0. The lowest BCUT2D eigenvalue weighted by Gasteiger charge is -2.23.